The smallest absolute Gasteiger partial charge is 0.411 e. The zero-order chi connectivity index (χ0) is 19.6. The maximum Gasteiger partial charge on any atom is 0.411 e. The van der Waals surface area contributed by atoms with Gasteiger partial charge in [-0.25, -0.2) is 9.59 Å². The lowest BCUT2D eigenvalue weighted by atomic mass is 9.92. The molecule has 1 heterocycles. The molecule has 0 aliphatic carbocycles. The average molecular weight is 362 g/mol. The molecule has 0 bridgehead atoms. The minimum absolute atomic E-state index is 0.213. The Labute approximate surface area is 153 Å². The predicted octanol–water partition coefficient (Wildman–Crippen LogP) is 2.67. The molecular weight excluding hydrogens is 336 g/mol. The highest BCUT2D eigenvalue weighted by molar-refractivity contribution is 5.90. The van der Waals surface area contributed by atoms with E-state index < -0.39 is 29.7 Å². The average Bonchev–Trinajstić information content (AvgIpc) is 2.52. The second kappa shape index (κ2) is 7.35. The summed E-state index contributed by atoms with van der Waals surface area (Å²) in [7, 11) is 0. The normalized spacial score (nSPS) is 21.1. The highest BCUT2D eigenvalue weighted by Gasteiger charge is 2.49. The van der Waals surface area contributed by atoms with E-state index in [4.69, 9.17) is 4.74 Å². The number of amides is 2. The van der Waals surface area contributed by atoms with E-state index >= 15 is 0 Å². The topological polar surface area (TPSA) is 87.2 Å². The molecule has 0 saturated carbocycles. The Morgan fingerprint density at radius 2 is 1.77 bits per heavy atom. The predicted molar refractivity (Wildman–Crippen MR) is 95.5 cm³/mol. The van der Waals surface area contributed by atoms with Gasteiger partial charge in [0.25, 0.3) is 0 Å². The second-order valence-corrected chi connectivity index (χ2v) is 7.64. The standard InChI is InChI=1S/C19H26N2O5/c1-12(2)21-14(22)11-20(18(25)26-19(3,4)5)16(17(23)24)15(21)13-9-7-6-8-10-13/h6-10,12,15-16H,11H2,1-5H3,(H,23,24)/t15-,16+/m1/s1. The van der Waals surface area contributed by atoms with Crippen LogP contribution in [0.4, 0.5) is 4.79 Å². The first kappa shape index (κ1) is 19.8. The van der Waals surface area contributed by atoms with E-state index in [1.54, 1.807) is 45.0 Å². The summed E-state index contributed by atoms with van der Waals surface area (Å²) < 4.78 is 5.34. The van der Waals surface area contributed by atoms with Gasteiger partial charge in [0.05, 0.1) is 6.04 Å². The molecule has 7 nitrogen and oxygen atoms in total. The van der Waals surface area contributed by atoms with Crippen molar-refractivity contribution in [2.45, 2.75) is 58.3 Å². The van der Waals surface area contributed by atoms with Crippen molar-refractivity contribution >= 4 is 18.0 Å². The van der Waals surface area contributed by atoms with E-state index in [2.05, 4.69) is 0 Å². The van der Waals surface area contributed by atoms with Crippen molar-refractivity contribution in [3.63, 3.8) is 0 Å². The number of carboxylic acid groups (broad SMARTS) is 1. The molecule has 1 aliphatic heterocycles. The van der Waals surface area contributed by atoms with E-state index in [9.17, 15) is 19.5 Å². The van der Waals surface area contributed by atoms with Gasteiger partial charge in [0, 0.05) is 6.04 Å². The van der Waals surface area contributed by atoms with E-state index in [1.807, 2.05) is 19.9 Å². The third-order valence-corrected chi connectivity index (χ3v) is 4.11. The number of hydrogen-bond donors (Lipinski definition) is 1. The molecule has 1 fully saturated rings. The molecule has 0 radical (unpaired) electrons. The molecule has 7 heteroatoms. The van der Waals surface area contributed by atoms with Gasteiger partial charge in [0.2, 0.25) is 5.91 Å². The molecule has 0 aromatic heterocycles. The van der Waals surface area contributed by atoms with Gasteiger partial charge in [-0.3, -0.25) is 9.69 Å². The Morgan fingerprint density at radius 3 is 2.23 bits per heavy atom. The van der Waals surface area contributed by atoms with Crippen LogP contribution in [0.5, 0.6) is 0 Å². The lowest BCUT2D eigenvalue weighted by Gasteiger charge is -2.47. The van der Waals surface area contributed by atoms with E-state index in [0.29, 0.717) is 5.56 Å². The SMILES string of the molecule is CC(C)N1C(=O)CN(C(=O)OC(C)(C)C)[C@H](C(=O)O)[C@H]1c1ccccc1. The number of carboxylic acids is 1. The van der Waals surface area contributed by atoms with Crippen molar-refractivity contribution in [2.24, 2.45) is 0 Å². The molecule has 26 heavy (non-hydrogen) atoms. The fourth-order valence-corrected chi connectivity index (χ4v) is 3.17. The number of rotatable bonds is 3. The van der Waals surface area contributed by atoms with Gasteiger partial charge in [0.1, 0.15) is 12.1 Å². The quantitative estimate of drug-likeness (QED) is 0.893. The first-order valence-corrected chi connectivity index (χ1v) is 8.61. The van der Waals surface area contributed by atoms with E-state index in [-0.39, 0.29) is 18.5 Å². The molecule has 1 aliphatic rings. The molecule has 2 rings (SSSR count). The number of ether oxygens (including phenoxy) is 1. The second-order valence-electron chi connectivity index (χ2n) is 7.64. The number of aliphatic carboxylic acids is 1. The Kier molecular flexibility index (Phi) is 5.59. The third kappa shape index (κ3) is 4.15. The zero-order valence-corrected chi connectivity index (χ0v) is 15.8. The van der Waals surface area contributed by atoms with Gasteiger partial charge in [0.15, 0.2) is 6.04 Å². The minimum atomic E-state index is -1.23. The number of carbonyl (C=O) groups excluding carboxylic acids is 2. The maximum atomic E-state index is 12.8. The number of benzene rings is 1. The van der Waals surface area contributed by atoms with Gasteiger partial charge < -0.3 is 14.7 Å². The van der Waals surface area contributed by atoms with Crippen molar-refractivity contribution in [1.82, 2.24) is 9.80 Å². The Balaban J connectivity index is 2.52. The lowest BCUT2D eigenvalue weighted by molar-refractivity contribution is -0.158. The number of hydrogen-bond acceptors (Lipinski definition) is 4. The highest BCUT2D eigenvalue weighted by Crippen LogP contribution is 2.34. The third-order valence-electron chi connectivity index (χ3n) is 4.11. The molecule has 2 atom stereocenters. The van der Waals surface area contributed by atoms with Crippen molar-refractivity contribution < 1.29 is 24.2 Å². The van der Waals surface area contributed by atoms with Crippen LogP contribution >= 0.6 is 0 Å². The van der Waals surface area contributed by atoms with Crippen LogP contribution in [-0.4, -0.2) is 57.1 Å². The molecule has 1 aromatic rings. The van der Waals surface area contributed by atoms with Crippen molar-refractivity contribution in [2.75, 3.05) is 6.54 Å². The fraction of sp³-hybridized carbons (Fsp3) is 0.526. The molecule has 1 N–H and O–H groups in total. The Bertz CT molecular complexity index is 681. The largest absolute Gasteiger partial charge is 0.480 e. The van der Waals surface area contributed by atoms with Crippen LogP contribution < -0.4 is 0 Å². The zero-order valence-electron chi connectivity index (χ0n) is 15.8. The van der Waals surface area contributed by atoms with Crippen LogP contribution in [0.3, 0.4) is 0 Å². The molecule has 0 spiro atoms. The molecule has 1 saturated heterocycles. The fourth-order valence-electron chi connectivity index (χ4n) is 3.17. The summed E-state index contributed by atoms with van der Waals surface area (Å²) in [6.07, 6.45) is -0.803. The van der Waals surface area contributed by atoms with Gasteiger partial charge in [-0.05, 0) is 40.2 Å². The molecule has 142 valence electrons. The Morgan fingerprint density at radius 1 is 1.19 bits per heavy atom. The van der Waals surface area contributed by atoms with Gasteiger partial charge >= 0.3 is 12.1 Å². The van der Waals surface area contributed by atoms with Crippen LogP contribution in [0.15, 0.2) is 30.3 Å². The summed E-state index contributed by atoms with van der Waals surface area (Å²) in [5.41, 5.74) is -0.129. The van der Waals surface area contributed by atoms with Crippen molar-refractivity contribution in [3.05, 3.63) is 35.9 Å². The van der Waals surface area contributed by atoms with E-state index in [1.165, 1.54) is 4.90 Å². The molecular formula is C19H26N2O5. The summed E-state index contributed by atoms with van der Waals surface area (Å²) in [6, 6.07) is 6.68. The minimum Gasteiger partial charge on any atom is -0.480 e. The molecule has 1 aromatic carbocycles. The number of carbonyl (C=O) groups is 3. The van der Waals surface area contributed by atoms with Crippen molar-refractivity contribution in [1.29, 1.82) is 0 Å². The lowest BCUT2D eigenvalue weighted by Crippen LogP contribution is -2.63. The van der Waals surface area contributed by atoms with Crippen LogP contribution in [0.25, 0.3) is 0 Å². The maximum absolute atomic E-state index is 12.8. The molecule has 2 amide bonds. The van der Waals surface area contributed by atoms with Crippen LogP contribution in [0, 0.1) is 0 Å². The first-order valence-electron chi connectivity index (χ1n) is 8.61. The number of nitrogens with zero attached hydrogens (tertiary/aromatic N) is 2. The van der Waals surface area contributed by atoms with Gasteiger partial charge in [-0.1, -0.05) is 30.3 Å². The number of piperazine rings is 1. The monoisotopic (exact) mass is 362 g/mol. The van der Waals surface area contributed by atoms with Gasteiger partial charge in [-0.15, -0.1) is 0 Å². The summed E-state index contributed by atoms with van der Waals surface area (Å²) in [5.74, 6) is -1.49. The Hall–Kier alpha value is -2.57. The first-order chi connectivity index (χ1) is 12.0. The molecule has 0 unspecified atom stereocenters. The van der Waals surface area contributed by atoms with E-state index in [0.717, 1.165) is 4.90 Å². The van der Waals surface area contributed by atoms with Crippen molar-refractivity contribution in [3.8, 4) is 0 Å². The van der Waals surface area contributed by atoms with Crippen LogP contribution in [0.2, 0.25) is 0 Å². The van der Waals surface area contributed by atoms with Crippen LogP contribution in [-0.2, 0) is 14.3 Å². The summed E-state index contributed by atoms with van der Waals surface area (Å²) >= 11 is 0. The van der Waals surface area contributed by atoms with Crippen LogP contribution in [0.1, 0.15) is 46.2 Å². The summed E-state index contributed by atoms with van der Waals surface area (Å²) in [4.78, 5) is 40.0. The van der Waals surface area contributed by atoms with Gasteiger partial charge in [-0.2, -0.15) is 0 Å². The summed E-state index contributed by atoms with van der Waals surface area (Å²) in [6.45, 7) is 8.42. The summed E-state index contributed by atoms with van der Waals surface area (Å²) in [5, 5.41) is 9.89. The highest BCUT2D eigenvalue weighted by atomic mass is 16.6.